The summed E-state index contributed by atoms with van der Waals surface area (Å²) in [4.78, 5) is 2.53. The molecule has 4 rings (SSSR count). The molecule has 0 N–H and O–H groups in total. The molecule has 1 aliphatic carbocycles. The molecule has 0 radical (unpaired) electrons. The van der Waals surface area contributed by atoms with Crippen molar-refractivity contribution in [2.24, 2.45) is 7.05 Å². The Labute approximate surface area is 124 Å². The Kier molecular flexibility index (Phi) is 3.25. The summed E-state index contributed by atoms with van der Waals surface area (Å²) in [5, 5.41) is 13.1. The number of rotatable bonds is 5. The number of nitrogens with zero attached hydrogens (tertiary/aromatic N) is 6. The Morgan fingerprint density at radius 1 is 1.24 bits per heavy atom. The van der Waals surface area contributed by atoms with Gasteiger partial charge in [0.05, 0.1) is 13.1 Å². The first kappa shape index (κ1) is 13.0. The molecular weight excluding hydrogens is 264 g/mol. The fraction of sp³-hybridized carbons (Fsp3) is 0.667. The van der Waals surface area contributed by atoms with Gasteiger partial charge in [-0.2, -0.15) is 5.10 Å². The average Bonchev–Trinajstić information content (AvgIpc) is 2.87. The number of aromatic nitrogens is 5. The fourth-order valence-electron chi connectivity index (χ4n) is 3.33. The van der Waals surface area contributed by atoms with Crippen molar-refractivity contribution < 1.29 is 0 Å². The molecule has 1 aliphatic heterocycles. The normalized spacial score (nSPS) is 23.0. The molecule has 112 valence electrons. The second-order valence-corrected chi connectivity index (χ2v) is 6.30. The van der Waals surface area contributed by atoms with Gasteiger partial charge in [0.1, 0.15) is 11.6 Å². The minimum atomic E-state index is 0.561. The van der Waals surface area contributed by atoms with Crippen LogP contribution in [-0.4, -0.2) is 42.0 Å². The molecule has 6 nitrogen and oxygen atoms in total. The fourth-order valence-corrected chi connectivity index (χ4v) is 3.33. The van der Waals surface area contributed by atoms with E-state index in [2.05, 4.69) is 31.8 Å². The van der Waals surface area contributed by atoms with E-state index in [9.17, 15) is 0 Å². The van der Waals surface area contributed by atoms with Crippen LogP contribution < -0.4 is 0 Å². The Morgan fingerprint density at radius 3 is 2.90 bits per heavy atom. The minimum Gasteiger partial charge on any atom is -0.317 e. The van der Waals surface area contributed by atoms with E-state index < -0.39 is 0 Å². The Morgan fingerprint density at radius 2 is 2.14 bits per heavy atom. The zero-order chi connectivity index (χ0) is 14.2. The summed E-state index contributed by atoms with van der Waals surface area (Å²) in [5.41, 5.74) is 0. The third-order valence-electron chi connectivity index (χ3n) is 4.74. The van der Waals surface area contributed by atoms with Crippen LogP contribution in [-0.2, 0) is 20.1 Å². The second kappa shape index (κ2) is 5.26. The van der Waals surface area contributed by atoms with Crippen LogP contribution >= 0.6 is 0 Å². The SMILES string of the molecule is Cn1c(CN2CCC[C@@H]2Cn2cccn2)nnc1C1CC1. The van der Waals surface area contributed by atoms with Crippen molar-refractivity contribution in [2.45, 2.75) is 50.7 Å². The molecule has 0 amide bonds. The van der Waals surface area contributed by atoms with Crippen molar-refractivity contribution in [3.63, 3.8) is 0 Å². The van der Waals surface area contributed by atoms with Crippen LogP contribution in [0.3, 0.4) is 0 Å². The Hall–Kier alpha value is -1.69. The first-order valence-corrected chi connectivity index (χ1v) is 7.91. The van der Waals surface area contributed by atoms with Crippen molar-refractivity contribution in [2.75, 3.05) is 6.54 Å². The maximum Gasteiger partial charge on any atom is 0.146 e. The van der Waals surface area contributed by atoms with Gasteiger partial charge in [-0.15, -0.1) is 10.2 Å². The van der Waals surface area contributed by atoms with Crippen LogP contribution in [0.4, 0.5) is 0 Å². The van der Waals surface area contributed by atoms with E-state index in [-0.39, 0.29) is 0 Å². The van der Waals surface area contributed by atoms with Crippen molar-refractivity contribution >= 4 is 0 Å². The molecule has 2 aromatic rings. The molecule has 21 heavy (non-hydrogen) atoms. The van der Waals surface area contributed by atoms with Gasteiger partial charge in [-0.3, -0.25) is 9.58 Å². The first-order chi connectivity index (χ1) is 10.3. The smallest absolute Gasteiger partial charge is 0.146 e. The number of likely N-dealkylation sites (tertiary alicyclic amines) is 1. The quantitative estimate of drug-likeness (QED) is 0.837. The zero-order valence-corrected chi connectivity index (χ0v) is 12.5. The molecule has 0 aromatic carbocycles. The third kappa shape index (κ3) is 2.60. The maximum absolute atomic E-state index is 4.42. The van der Waals surface area contributed by atoms with E-state index in [0.29, 0.717) is 12.0 Å². The van der Waals surface area contributed by atoms with Crippen LogP contribution in [0.1, 0.15) is 43.3 Å². The standard InChI is InChI=1S/C15H22N6/c1-19-14(17-18-15(19)12-5-6-12)11-20-8-2-4-13(20)10-21-9-3-7-16-21/h3,7,9,12-13H,2,4-6,8,10-11H2,1H3/t13-/m1/s1. The van der Waals surface area contributed by atoms with E-state index in [1.165, 1.54) is 31.5 Å². The average molecular weight is 286 g/mol. The van der Waals surface area contributed by atoms with E-state index in [0.717, 1.165) is 25.5 Å². The van der Waals surface area contributed by atoms with Crippen molar-refractivity contribution in [3.05, 3.63) is 30.1 Å². The lowest BCUT2D eigenvalue weighted by Crippen LogP contribution is -2.33. The molecule has 1 saturated carbocycles. The molecule has 0 bridgehead atoms. The molecule has 0 unspecified atom stereocenters. The highest BCUT2D eigenvalue weighted by atomic mass is 15.3. The molecule has 2 aliphatic rings. The van der Waals surface area contributed by atoms with Gasteiger partial charge in [-0.05, 0) is 38.3 Å². The van der Waals surface area contributed by atoms with Gasteiger partial charge >= 0.3 is 0 Å². The lowest BCUT2D eigenvalue weighted by Gasteiger charge is -2.23. The first-order valence-electron chi connectivity index (χ1n) is 7.91. The molecule has 1 atom stereocenters. The molecule has 0 spiro atoms. The van der Waals surface area contributed by atoms with Crippen molar-refractivity contribution in [1.82, 2.24) is 29.4 Å². The second-order valence-electron chi connectivity index (χ2n) is 6.30. The monoisotopic (exact) mass is 286 g/mol. The van der Waals surface area contributed by atoms with Crippen LogP contribution in [0.2, 0.25) is 0 Å². The Bertz CT molecular complexity index is 598. The van der Waals surface area contributed by atoms with E-state index in [1.807, 2.05) is 23.1 Å². The van der Waals surface area contributed by atoms with Gasteiger partial charge in [-0.25, -0.2) is 0 Å². The number of hydrogen-bond acceptors (Lipinski definition) is 4. The van der Waals surface area contributed by atoms with Gasteiger partial charge in [0.15, 0.2) is 0 Å². The van der Waals surface area contributed by atoms with Crippen LogP contribution in [0.15, 0.2) is 18.5 Å². The largest absolute Gasteiger partial charge is 0.317 e. The molecule has 6 heteroatoms. The highest BCUT2D eigenvalue weighted by Gasteiger charge is 2.31. The van der Waals surface area contributed by atoms with E-state index >= 15 is 0 Å². The summed E-state index contributed by atoms with van der Waals surface area (Å²) in [6.45, 7) is 3.03. The molecule has 1 saturated heterocycles. The molecule has 3 heterocycles. The molecular formula is C15H22N6. The zero-order valence-electron chi connectivity index (χ0n) is 12.5. The minimum absolute atomic E-state index is 0.561. The van der Waals surface area contributed by atoms with Gasteiger partial charge in [0.25, 0.3) is 0 Å². The van der Waals surface area contributed by atoms with Crippen LogP contribution in [0.25, 0.3) is 0 Å². The summed E-state index contributed by atoms with van der Waals surface area (Å²) < 4.78 is 4.25. The molecule has 2 fully saturated rings. The topological polar surface area (TPSA) is 51.8 Å². The Balaban J connectivity index is 1.45. The highest BCUT2D eigenvalue weighted by molar-refractivity contribution is 5.08. The van der Waals surface area contributed by atoms with Crippen LogP contribution in [0.5, 0.6) is 0 Å². The van der Waals surface area contributed by atoms with Crippen molar-refractivity contribution in [1.29, 1.82) is 0 Å². The summed E-state index contributed by atoms with van der Waals surface area (Å²) >= 11 is 0. The predicted molar refractivity (Wildman–Crippen MR) is 78.6 cm³/mol. The van der Waals surface area contributed by atoms with Gasteiger partial charge < -0.3 is 4.57 Å². The summed E-state index contributed by atoms with van der Waals surface area (Å²) in [5.74, 6) is 2.94. The summed E-state index contributed by atoms with van der Waals surface area (Å²) in [6.07, 6.45) is 8.95. The van der Waals surface area contributed by atoms with Gasteiger partial charge in [0.2, 0.25) is 0 Å². The van der Waals surface area contributed by atoms with E-state index in [4.69, 9.17) is 0 Å². The highest BCUT2D eigenvalue weighted by Crippen LogP contribution is 2.38. The lowest BCUT2D eigenvalue weighted by molar-refractivity contribution is 0.212. The molecule has 2 aromatic heterocycles. The number of hydrogen-bond donors (Lipinski definition) is 0. The van der Waals surface area contributed by atoms with E-state index in [1.54, 1.807) is 0 Å². The summed E-state index contributed by atoms with van der Waals surface area (Å²) in [6, 6.07) is 2.55. The third-order valence-corrected chi connectivity index (χ3v) is 4.74. The maximum atomic E-state index is 4.42. The van der Waals surface area contributed by atoms with Crippen molar-refractivity contribution in [3.8, 4) is 0 Å². The lowest BCUT2D eigenvalue weighted by atomic mass is 10.2. The van der Waals surface area contributed by atoms with Crippen LogP contribution in [0, 0.1) is 0 Å². The van der Waals surface area contributed by atoms with Gasteiger partial charge in [0, 0.05) is 31.4 Å². The van der Waals surface area contributed by atoms with Gasteiger partial charge in [-0.1, -0.05) is 0 Å². The summed E-state index contributed by atoms with van der Waals surface area (Å²) in [7, 11) is 2.11. The predicted octanol–water partition coefficient (Wildman–Crippen LogP) is 1.55.